The highest BCUT2D eigenvalue weighted by molar-refractivity contribution is 5.94. The molecular formula is C24H19N5. The van der Waals surface area contributed by atoms with Crippen LogP contribution in [0.1, 0.15) is 11.1 Å². The van der Waals surface area contributed by atoms with Crippen LogP contribution in [0.25, 0.3) is 33.1 Å². The van der Waals surface area contributed by atoms with Crippen LogP contribution in [0.15, 0.2) is 67.1 Å². The Balaban J connectivity index is 1.71. The predicted octanol–water partition coefficient (Wildman–Crippen LogP) is 5.65. The molecule has 0 radical (unpaired) electrons. The van der Waals surface area contributed by atoms with Crippen molar-refractivity contribution in [3.8, 4) is 17.3 Å². The van der Waals surface area contributed by atoms with Gasteiger partial charge < -0.3 is 14.9 Å². The van der Waals surface area contributed by atoms with Gasteiger partial charge in [0.05, 0.1) is 16.9 Å². The largest absolute Gasteiger partial charge is 0.361 e. The smallest absolute Gasteiger partial charge is 0.103 e. The molecule has 0 fully saturated rings. The van der Waals surface area contributed by atoms with Crippen LogP contribution in [0, 0.1) is 18.3 Å². The van der Waals surface area contributed by atoms with Crippen molar-refractivity contribution in [2.24, 2.45) is 7.05 Å². The number of anilines is 2. The highest BCUT2D eigenvalue weighted by atomic mass is 15.0. The number of fused-ring (bicyclic) bond motifs is 2. The van der Waals surface area contributed by atoms with E-state index in [0.717, 1.165) is 50.0 Å². The zero-order chi connectivity index (χ0) is 20.0. The van der Waals surface area contributed by atoms with Crippen LogP contribution in [0.2, 0.25) is 0 Å². The molecule has 0 aliphatic heterocycles. The van der Waals surface area contributed by atoms with Crippen LogP contribution in [-0.2, 0) is 7.05 Å². The van der Waals surface area contributed by atoms with Gasteiger partial charge in [0.1, 0.15) is 6.07 Å². The minimum Gasteiger partial charge on any atom is -0.361 e. The summed E-state index contributed by atoms with van der Waals surface area (Å²) >= 11 is 0. The first-order valence-electron chi connectivity index (χ1n) is 9.44. The summed E-state index contributed by atoms with van der Waals surface area (Å²) in [7, 11) is 2.04. The lowest BCUT2D eigenvalue weighted by Crippen LogP contribution is -2.02. The van der Waals surface area contributed by atoms with Crippen LogP contribution in [0.5, 0.6) is 0 Å². The zero-order valence-electron chi connectivity index (χ0n) is 16.2. The topological polar surface area (TPSA) is 69.4 Å². The van der Waals surface area contributed by atoms with E-state index in [9.17, 15) is 5.26 Å². The van der Waals surface area contributed by atoms with Crippen molar-refractivity contribution in [1.29, 1.82) is 5.26 Å². The fourth-order valence-electron chi connectivity index (χ4n) is 3.98. The van der Waals surface area contributed by atoms with Gasteiger partial charge in [0.15, 0.2) is 0 Å². The van der Waals surface area contributed by atoms with E-state index in [2.05, 4.69) is 57.1 Å². The molecule has 29 heavy (non-hydrogen) atoms. The van der Waals surface area contributed by atoms with Crippen molar-refractivity contribution in [2.45, 2.75) is 6.92 Å². The summed E-state index contributed by atoms with van der Waals surface area (Å²) in [5.74, 6) is 0. The molecule has 2 aromatic carbocycles. The van der Waals surface area contributed by atoms with E-state index in [1.807, 2.05) is 43.7 Å². The Hall–Kier alpha value is -4.04. The summed E-state index contributed by atoms with van der Waals surface area (Å²) in [6.45, 7) is 2.09. The minimum atomic E-state index is 0.515. The molecule has 140 valence electrons. The monoisotopic (exact) mass is 377 g/mol. The standard InChI is InChI=1S/C24H19N5/c1-15-18-9-10-27-21(18)8-7-20(15)28-24-17(12-25)13-26-14-19(24)23-11-16-5-3-4-6-22(16)29(23)2/h3-11,13-14,27H,1-2H3,(H,26,28). The number of aromatic amines is 1. The fraction of sp³-hybridized carbons (Fsp3) is 0.0833. The van der Waals surface area contributed by atoms with E-state index in [1.165, 1.54) is 0 Å². The van der Waals surface area contributed by atoms with E-state index in [-0.39, 0.29) is 0 Å². The number of hydrogen-bond acceptors (Lipinski definition) is 3. The van der Waals surface area contributed by atoms with Gasteiger partial charge in [-0.05, 0) is 42.8 Å². The molecule has 0 unspecified atom stereocenters. The second kappa shape index (κ2) is 6.54. The predicted molar refractivity (Wildman–Crippen MR) is 117 cm³/mol. The molecule has 3 aromatic heterocycles. The van der Waals surface area contributed by atoms with Crippen LogP contribution in [0.4, 0.5) is 11.4 Å². The molecule has 0 aliphatic carbocycles. The third-order valence-electron chi connectivity index (χ3n) is 5.56. The normalized spacial score (nSPS) is 11.1. The summed E-state index contributed by atoms with van der Waals surface area (Å²) in [4.78, 5) is 7.57. The Morgan fingerprint density at radius 1 is 1.10 bits per heavy atom. The molecule has 0 amide bonds. The van der Waals surface area contributed by atoms with Crippen LogP contribution in [0.3, 0.4) is 0 Å². The van der Waals surface area contributed by atoms with Crippen LogP contribution in [-0.4, -0.2) is 14.5 Å². The maximum absolute atomic E-state index is 9.74. The van der Waals surface area contributed by atoms with Gasteiger partial charge in [-0.2, -0.15) is 5.26 Å². The quantitative estimate of drug-likeness (QED) is 0.427. The number of nitrogens with one attached hydrogen (secondary N) is 2. The second-order valence-corrected chi connectivity index (χ2v) is 7.17. The van der Waals surface area contributed by atoms with Crippen molar-refractivity contribution < 1.29 is 0 Å². The fourth-order valence-corrected chi connectivity index (χ4v) is 3.98. The molecule has 0 aliphatic rings. The first-order valence-corrected chi connectivity index (χ1v) is 9.44. The van der Waals surface area contributed by atoms with E-state index < -0.39 is 0 Å². The van der Waals surface area contributed by atoms with Gasteiger partial charge in [-0.15, -0.1) is 0 Å². The van der Waals surface area contributed by atoms with Crippen molar-refractivity contribution in [3.63, 3.8) is 0 Å². The number of aryl methyl sites for hydroxylation is 2. The van der Waals surface area contributed by atoms with Gasteiger partial charge in [0.2, 0.25) is 0 Å². The maximum atomic E-state index is 9.74. The molecule has 5 nitrogen and oxygen atoms in total. The molecule has 0 atom stereocenters. The average Bonchev–Trinajstić information content (AvgIpc) is 3.36. The summed E-state index contributed by atoms with van der Waals surface area (Å²) in [5, 5.41) is 15.6. The average molecular weight is 377 g/mol. The Labute approximate surface area is 168 Å². The maximum Gasteiger partial charge on any atom is 0.103 e. The van der Waals surface area contributed by atoms with Crippen molar-refractivity contribution in [1.82, 2.24) is 14.5 Å². The number of aromatic nitrogens is 3. The number of para-hydroxylation sites is 1. The van der Waals surface area contributed by atoms with Crippen molar-refractivity contribution in [2.75, 3.05) is 5.32 Å². The molecule has 0 spiro atoms. The number of pyridine rings is 1. The van der Waals surface area contributed by atoms with Crippen LogP contribution >= 0.6 is 0 Å². The van der Waals surface area contributed by atoms with Crippen molar-refractivity contribution in [3.05, 3.63) is 78.2 Å². The third-order valence-corrected chi connectivity index (χ3v) is 5.56. The van der Waals surface area contributed by atoms with Gasteiger partial charge in [-0.25, -0.2) is 0 Å². The first kappa shape index (κ1) is 17.1. The van der Waals surface area contributed by atoms with Gasteiger partial charge >= 0.3 is 0 Å². The summed E-state index contributed by atoms with van der Waals surface area (Å²) in [6.07, 6.45) is 5.37. The zero-order valence-corrected chi connectivity index (χ0v) is 16.2. The van der Waals surface area contributed by atoms with E-state index in [4.69, 9.17) is 0 Å². The molecule has 0 saturated heterocycles. The lowest BCUT2D eigenvalue weighted by Gasteiger charge is -2.16. The van der Waals surface area contributed by atoms with Crippen molar-refractivity contribution >= 4 is 33.2 Å². The van der Waals surface area contributed by atoms with E-state index in [0.29, 0.717) is 5.56 Å². The molecule has 3 heterocycles. The summed E-state index contributed by atoms with van der Waals surface area (Å²) in [5.41, 5.74) is 7.54. The number of nitriles is 1. The Bertz CT molecular complexity index is 1410. The molecule has 2 N–H and O–H groups in total. The van der Waals surface area contributed by atoms with E-state index in [1.54, 1.807) is 6.20 Å². The second-order valence-electron chi connectivity index (χ2n) is 7.17. The lowest BCUT2D eigenvalue weighted by atomic mass is 10.1. The van der Waals surface area contributed by atoms with Gasteiger partial charge in [-0.3, -0.25) is 4.98 Å². The van der Waals surface area contributed by atoms with Gasteiger partial charge in [-0.1, -0.05) is 18.2 Å². The molecule has 5 aromatic rings. The number of benzene rings is 2. The molecule has 5 rings (SSSR count). The minimum absolute atomic E-state index is 0.515. The number of nitrogens with zero attached hydrogens (tertiary/aromatic N) is 3. The number of rotatable bonds is 3. The highest BCUT2D eigenvalue weighted by Gasteiger charge is 2.17. The van der Waals surface area contributed by atoms with Crippen LogP contribution < -0.4 is 5.32 Å². The van der Waals surface area contributed by atoms with Gasteiger partial charge in [0, 0.05) is 58.7 Å². The molecule has 0 saturated carbocycles. The SMILES string of the molecule is Cc1c(Nc2c(C#N)cncc2-c2cc3ccccc3n2C)ccc2[nH]ccc12. The summed E-state index contributed by atoms with van der Waals surface area (Å²) in [6, 6.07) is 18.8. The van der Waals surface area contributed by atoms with E-state index >= 15 is 0 Å². The Morgan fingerprint density at radius 3 is 2.79 bits per heavy atom. The summed E-state index contributed by atoms with van der Waals surface area (Å²) < 4.78 is 2.14. The molecule has 0 bridgehead atoms. The Morgan fingerprint density at radius 2 is 1.97 bits per heavy atom. The Kier molecular flexibility index (Phi) is 3.85. The highest BCUT2D eigenvalue weighted by Crippen LogP contribution is 2.36. The number of H-pyrrole nitrogens is 1. The molecular weight excluding hydrogens is 358 g/mol. The lowest BCUT2D eigenvalue weighted by molar-refractivity contribution is 0.977. The first-order chi connectivity index (χ1) is 14.2. The molecule has 5 heteroatoms. The van der Waals surface area contributed by atoms with Gasteiger partial charge in [0.25, 0.3) is 0 Å². The number of hydrogen-bond donors (Lipinski definition) is 2. The third kappa shape index (κ3) is 2.66.